The van der Waals surface area contributed by atoms with E-state index in [0.717, 1.165) is 43.2 Å². The van der Waals surface area contributed by atoms with Gasteiger partial charge in [0.15, 0.2) is 0 Å². The van der Waals surface area contributed by atoms with E-state index in [-0.39, 0.29) is 95.3 Å². The van der Waals surface area contributed by atoms with Crippen LogP contribution in [0.5, 0.6) is 0 Å². The number of rotatable bonds is 13. The summed E-state index contributed by atoms with van der Waals surface area (Å²) in [6.45, 7) is 0. The van der Waals surface area contributed by atoms with Gasteiger partial charge in [0.2, 0.25) is 0 Å². The first-order valence-electron chi connectivity index (χ1n) is 28.2. The molecule has 1 aliphatic rings. The van der Waals surface area contributed by atoms with Crippen molar-refractivity contribution in [3.63, 3.8) is 0 Å². The SMILES string of the molecule is [2H]c1cc2c(oc3c(-c4cc(C5([2H])CCCCC5)c(C([2H])([2H])C([2H])([2H])c5cc(C([2H])([2H])C([2H])([2H])c6ccc(-c7[c-]cccc7)nc6)cc(C([2H])([2H])C([2H])([2H])c6ccc(-c7[c-]cccc7)nc6)c5)cn4)[c-]ccc32)c([2H])c1C#N.[Ir+3]. The molecule has 9 aromatic rings. The Labute approximate surface area is 410 Å². The van der Waals surface area contributed by atoms with Gasteiger partial charge in [0, 0.05) is 41.8 Å². The molecule has 6 heteroatoms. The van der Waals surface area contributed by atoms with E-state index in [2.05, 4.69) is 33.2 Å². The molecule has 4 aromatic heterocycles. The number of nitrogens with zero attached hydrogens (tertiary/aromatic N) is 4. The van der Waals surface area contributed by atoms with E-state index < -0.39 is 60.8 Å². The van der Waals surface area contributed by atoms with E-state index in [4.69, 9.17) is 7.16 Å². The maximum atomic E-state index is 9.93. The maximum absolute atomic E-state index is 9.93. The van der Waals surface area contributed by atoms with Crippen LogP contribution < -0.4 is 0 Å². The fourth-order valence-corrected chi connectivity index (χ4v) is 7.73. The molecule has 1 saturated carbocycles. The van der Waals surface area contributed by atoms with Crippen LogP contribution in [0.1, 0.15) is 103 Å². The third-order valence-electron chi connectivity index (χ3n) is 10.9. The second-order valence-electron chi connectivity index (χ2n) is 15.1. The Bertz CT molecular complexity index is 3660. The molecule has 64 heavy (non-hydrogen) atoms. The van der Waals surface area contributed by atoms with E-state index in [1.807, 2.05) is 6.07 Å². The largest absolute Gasteiger partial charge is 3.00 e. The molecule has 314 valence electrons. The zero-order chi connectivity index (χ0) is 55.8. The Balaban J connectivity index is 0.00000757. The normalized spacial score (nSPS) is 18.1. The van der Waals surface area contributed by atoms with Crippen LogP contribution in [-0.2, 0) is 58.3 Å². The third kappa shape index (κ3) is 9.68. The Hall–Kier alpha value is -6.51. The van der Waals surface area contributed by atoms with Crippen LogP contribution in [0.2, 0.25) is 0 Å². The Morgan fingerprint density at radius 2 is 1.25 bits per heavy atom. The molecule has 0 radical (unpaired) electrons. The molecule has 4 heterocycles. The van der Waals surface area contributed by atoms with Gasteiger partial charge >= 0.3 is 20.1 Å². The summed E-state index contributed by atoms with van der Waals surface area (Å²) < 4.78 is 148. The molecule has 0 N–H and O–H groups in total. The average Bonchev–Trinajstić information content (AvgIpc) is 3.98. The van der Waals surface area contributed by atoms with Crippen molar-refractivity contribution in [3.8, 4) is 39.8 Å². The number of pyridine rings is 3. The van der Waals surface area contributed by atoms with Crippen LogP contribution in [0.3, 0.4) is 0 Å². The minimum atomic E-state index is -3.28. The first-order valence-corrected chi connectivity index (χ1v) is 20.7. The van der Waals surface area contributed by atoms with Crippen LogP contribution >= 0.6 is 0 Å². The van der Waals surface area contributed by atoms with Gasteiger partial charge in [-0.05, 0) is 125 Å². The number of aryl methyl sites for hydroxylation is 6. The fraction of sp³-hybridized carbons (Fsp3) is 0.207. The second kappa shape index (κ2) is 19.9. The minimum Gasteiger partial charge on any atom is -0.501 e. The van der Waals surface area contributed by atoms with Gasteiger partial charge in [-0.1, -0.05) is 84.8 Å². The number of nitriles is 1. The summed E-state index contributed by atoms with van der Waals surface area (Å²) in [6.07, 6.45) is -12.8. The van der Waals surface area contributed by atoms with Crippen molar-refractivity contribution < 1.29 is 45.1 Å². The minimum absolute atomic E-state index is 0. The van der Waals surface area contributed by atoms with Crippen LogP contribution in [-0.4, -0.2) is 15.0 Å². The Kier molecular flexibility index (Phi) is 8.80. The van der Waals surface area contributed by atoms with E-state index in [0.29, 0.717) is 46.1 Å². The van der Waals surface area contributed by atoms with Gasteiger partial charge in [0.25, 0.3) is 0 Å². The molecule has 10 rings (SSSR count). The van der Waals surface area contributed by atoms with Crippen molar-refractivity contribution in [1.82, 2.24) is 15.0 Å². The van der Waals surface area contributed by atoms with Crippen molar-refractivity contribution >= 4 is 21.9 Å². The number of fused-ring (bicyclic) bond motifs is 3. The molecular formula is C58H47IrN4O. The molecule has 0 atom stereocenters. The average molecular weight is 1020 g/mol. The third-order valence-corrected chi connectivity index (χ3v) is 10.9. The van der Waals surface area contributed by atoms with Crippen LogP contribution in [0.4, 0.5) is 0 Å². The maximum Gasteiger partial charge on any atom is 3.00 e. The van der Waals surface area contributed by atoms with Gasteiger partial charge in [-0.25, -0.2) is 0 Å². The Morgan fingerprint density at radius 1 is 0.641 bits per heavy atom. The van der Waals surface area contributed by atoms with Crippen molar-refractivity contribution in [2.75, 3.05) is 0 Å². The summed E-state index contributed by atoms with van der Waals surface area (Å²) in [6, 6.07) is 39.3. The first kappa shape index (κ1) is 28.3. The van der Waals surface area contributed by atoms with Crippen molar-refractivity contribution in [3.05, 3.63) is 209 Å². The molecule has 0 aliphatic heterocycles. The number of furan rings is 1. The van der Waals surface area contributed by atoms with E-state index in [1.54, 1.807) is 60.7 Å². The first-order chi connectivity index (χ1) is 36.8. The van der Waals surface area contributed by atoms with Crippen molar-refractivity contribution in [1.29, 1.82) is 5.26 Å². The van der Waals surface area contributed by atoms with Gasteiger partial charge in [0.1, 0.15) is 5.58 Å². The van der Waals surface area contributed by atoms with Gasteiger partial charge in [-0.15, -0.1) is 90.0 Å². The summed E-state index contributed by atoms with van der Waals surface area (Å²) in [5.74, 6) is -1.50. The number of aromatic nitrogens is 3. The molecule has 0 unspecified atom stereocenters. The van der Waals surface area contributed by atoms with E-state index >= 15 is 0 Å². The topological polar surface area (TPSA) is 75.6 Å². The second-order valence-corrected chi connectivity index (χ2v) is 15.1. The molecule has 0 amide bonds. The summed E-state index contributed by atoms with van der Waals surface area (Å²) >= 11 is 0. The van der Waals surface area contributed by atoms with E-state index in [9.17, 15) is 23.1 Å². The summed E-state index contributed by atoms with van der Waals surface area (Å²) in [5.41, 5.74) is -0.136. The summed E-state index contributed by atoms with van der Waals surface area (Å²) in [4.78, 5) is 13.4. The number of benzene rings is 5. The van der Waals surface area contributed by atoms with Crippen LogP contribution in [0, 0.1) is 29.5 Å². The van der Waals surface area contributed by atoms with Gasteiger partial charge in [0.05, 0.1) is 20.0 Å². The molecule has 1 aliphatic carbocycles. The van der Waals surface area contributed by atoms with Gasteiger partial charge < -0.3 is 19.4 Å². The summed E-state index contributed by atoms with van der Waals surface area (Å²) in [5, 5.41) is 10.6. The predicted octanol–water partition coefficient (Wildman–Crippen LogP) is 13.4. The fourth-order valence-electron chi connectivity index (χ4n) is 7.73. The standard InChI is InChI=1S/C58H47N4O.Ir/c59-36-45-24-28-50-51-17-10-18-52(58(51)63-57(50)34-45)56-35-53(46-11-4-1-5-12-46)49(39-62-56)27-23-44-32-42(21-19-40-25-29-54(60-37-40)47-13-6-2-7-14-47)31-43(33-44)22-20-41-26-30-55(61-38-41)48-15-8-3-9-16-48;/h2-3,6-10,13,15,17,24-26,28-35,37-39,46H,1,4-5,11-12,19-23,27H2;/q-3;+3/i19D2,20D2,21D2,22D2,23D2,24D,27D2,34D,46D;. The Morgan fingerprint density at radius 3 is 1.83 bits per heavy atom. The molecular weight excluding hydrogens is 961 g/mol. The molecule has 0 bridgehead atoms. The van der Waals surface area contributed by atoms with Crippen molar-refractivity contribution in [2.24, 2.45) is 0 Å². The molecule has 5 nitrogen and oxygen atoms in total. The van der Waals surface area contributed by atoms with Crippen molar-refractivity contribution in [2.45, 2.75) is 76.2 Å². The summed E-state index contributed by atoms with van der Waals surface area (Å²) in [7, 11) is 0. The van der Waals surface area contributed by atoms with E-state index in [1.165, 1.54) is 36.4 Å². The van der Waals surface area contributed by atoms with Gasteiger partial charge in [-0.2, -0.15) is 5.26 Å². The van der Waals surface area contributed by atoms with Gasteiger partial charge in [-0.3, -0.25) is 0 Å². The number of hydrogen-bond donors (Lipinski definition) is 0. The predicted molar refractivity (Wildman–Crippen MR) is 252 cm³/mol. The van der Waals surface area contributed by atoms with Crippen LogP contribution in [0.15, 0.2) is 150 Å². The zero-order valence-electron chi connectivity index (χ0n) is 49.3. The molecule has 5 aromatic carbocycles. The van der Waals surface area contributed by atoms with Crippen LogP contribution in [0.25, 0.3) is 55.7 Å². The zero-order valence-corrected chi connectivity index (χ0v) is 36.7. The molecule has 0 saturated heterocycles. The smallest absolute Gasteiger partial charge is 0.501 e. The molecule has 1 fully saturated rings. The molecule has 0 spiro atoms. The monoisotopic (exact) mass is 1020 g/mol. The quantitative estimate of drug-likeness (QED) is 0.108. The number of hydrogen-bond acceptors (Lipinski definition) is 5.